The fourth-order valence-electron chi connectivity index (χ4n) is 1.98. The monoisotopic (exact) mass is 330 g/mol. The highest BCUT2D eigenvalue weighted by Crippen LogP contribution is 2.37. The van der Waals surface area contributed by atoms with E-state index in [2.05, 4.69) is 10.3 Å². The smallest absolute Gasteiger partial charge is 0.138 e. The van der Waals surface area contributed by atoms with Gasteiger partial charge in [-0.3, -0.25) is 4.98 Å². The molecule has 2 rings (SSSR count). The molecule has 1 atom stereocenters. The standard InChI is InChI=1S/C14H16Cl2N2OS/c1-8(2)19-10-4-9(6-18-7-10)13(17-3)11-5-12(15)20-14(11)16/h4-8,13,17H,1-3H3. The van der Waals surface area contributed by atoms with Crippen LogP contribution in [0.15, 0.2) is 24.5 Å². The first kappa shape index (κ1) is 15.6. The van der Waals surface area contributed by atoms with Crippen molar-refractivity contribution < 1.29 is 4.74 Å². The van der Waals surface area contributed by atoms with E-state index in [1.807, 2.05) is 33.0 Å². The Hall–Kier alpha value is -0.810. The molecule has 2 aromatic heterocycles. The van der Waals surface area contributed by atoms with Gasteiger partial charge in [-0.2, -0.15) is 0 Å². The van der Waals surface area contributed by atoms with Crippen LogP contribution in [0.25, 0.3) is 0 Å². The summed E-state index contributed by atoms with van der Waals surface area (Å²) in [5, 5.41) is 3.24. The topological polar surface area (TPSA) is 34.2 Å². The second kappa shape index (κ2) is 6.76. The summed E-state index contributed by atoms with van der Waals surface area (Å²) >= 11 is 13.6. The molecular formula is C14H16Cl2N2OS. The lowest BCUT2D eigenvalue weighted by Crippen LogP contribution is -2.18. The average Bonchev–Trinajstić information content (AvgIpc) is 2.69. The van der Waals surface area contributed by atoms with Crippen molar-refractivity contribution in [2.24, 2.45) is 0 Å². The van der Waals surface area contributed by atoms with Gasteiger partial charge in [0, 0.05) is 11.8 Å². The van der Waals surface area contributed by atoms with Crippen LogP contribution in [0.1, 0.15) is 31.0 Å². The maximum atomic E-state index is 6.24. The first-order valence-corrected chi connectivity index (χ1v) is 7.82. The van der Waals surface area contributed by atoms with Crippen LogP contribution >= 0.6 is 34.5 Å². The predicted molar refractivity (Wildman–Crippen MR) is 85.2 cm³/mol. The molecule has 0 aliphatic heterocycles. The third-order valence-corrected chi connectivity index (χ3v) is 4.24. The normalized spacial score (nSPS) is 12.7. The largest absolute Gasteiger partial charge is 0.489 e. The van der Waals surface area contributed by atoms with Gasteiger partial charge in [-0.05, 0) is 38.6 Å². The summed E-state index contributed by atoms with van der Waals surface area (Å²) in [6.45, 7) is 3.97. The second-order valence-corrected chi connectivity index (χ2v) is 6.91. The lowest BCUT2D eigenvalue weighted by atomic mass is 10.0. The number of rotatable bonds is 5. The molecule has 0 aliphatic rings. The highest BCUT2D eigenvalue weighted by molar-refractivity contribution is 7.20. The van der Waals surface area contributed by atoms with Gasteiger partial charge in [0.1, 0.15) is 5.75 Å². The van der Waals surface area contributed by atoms with Crippen molar-refractivity contribution in [2.75, 3.05) is 7.05 Å². The van der Waals surface area contributed by atoms with Gasteiger partial charge >= 0.3 is 0 Å². The molecule has 0 saturated heterocycles. The third kappa shape index (κ3) is 3.64. The van der Waals surface area contributed by atoms with E-state index in [4.69, 9.17) is 27.9 Å². The van der Waals surface area contributed by atoms with E-state index in [0.717, 1.165) is 16.9 Å². The highest BCUT2D eigenvalue weighted by atomic mass is 35.5. The molecule has 20 heavy (non-hydrogen) atoms. The van der Waals surface area contributed by atoms with Gasteiger partial charge < -0.3 is 10.1 Å². The van der Waals surface area contributed by atoms with Gasteiger partial charge in [-0.25, -0.2) is 0 Å². The fourth-order valence-corrected chi connectivity index (χ4v) is 3.51. The van der Waals surface area contributed by atoms with Crippen LogP contribution in [0.2, 0.25) is 8.67 Å². The molecule has 3 nitrogen and oxygen atoms in total. The Morgan fingerprint density at radius 2 is 2.00 bits per heavy atom. The van der Waals surface area contributed by atoms with Crippen LogP contribution in [0, 0.1) is 0 Å². The van der Waals surface area contributed by atoms with Crippen molar-refractivity contribution in [3.8, 4) is 5.75 Å². The van der Waals surface area contributed by atoms with Crippen molar-refractivity contribution >= 4 is 34.5 Å². The molecule has 0 bridgehead atoms. The minimum atomic E-state index is -0.0607. The van der Waals surface area contributed by atoms with E-state index in [0.29, 0.717) is 8.67 Å². The second-order valence-electron chi connectivity index (χ2n) is 4.62. The summed E-state index contributed by atoms with van der Waals surface area (Å²) in [5.74, 6) is 0.746. The number of nitrogens with one attached hydrogen (secondary N) is 1. The Bertz CT molecular complexity index is 586. The molecule has 6 heteroatoms. The zero-order valence-electron chi connectivity index (χ0n) is 11.5. The molecule has 0 aromatic carbocycles. The summed E-state index contributed by atoms with van der Waals surface area (Å²) < 4.78 is 7.03. The van der Waals surface area contributed by atoms with Crippen molar-refractivity contribution in [3.05, 3.63) is 44.3 Å². The van der Waals surface area contributed by atoms with Crippen molar-refractivity contribution in [1.82, 2.24) is 10.3 Å². The van der Waals surface area contributed by atoms with Crippen LogP contribution in [0.4, 0.5) is 0 Å². The molecular weight excluding hydrogens is 315 g/mol. The van der Waals surface area contributed by atoms with Crippen molar-refractivity contribution in [2.45, 2.75) is 26.0 Å². The van der Waals surface area contributed by atoms with E-state index in [1.165, 1.54) is 11.3 Å². The van der Waals surface area contributed by atoms with Crippen LogP contribution in [-0.4, -0.2) is 18.1 Å². The molecule has 0 radical (unpaired) electrons. The molecule has 0 amide bonds. The number of halogens is 2. The molecule has 1 N–H and O–H groups in total. The van der Waals surface area contributed by atoms with Crippen LogP contribution in [0.3, 0.4) is 0 Å². The molecule has 0 fully saturated rings. The number of pyridine rings is 1. The maximum Gasteiger partial charge on any atom is 0.138 e. The zero-order valence-corrected chi connectivity index (χ0v) is 13.8. The van der Waals surface area contributed by atoms with Crippen molar-refractivity contribution in [3.63, 3.8) is 0 Å². The molecule has 2 heterocycles. The van der Waals surface area contributed by atoms with E-state index < -0.39 is 0 Å². The van der Waals surface area contributed by atoms with E-state index in [9.17, 15) is 0 Å². The van der Waals surface area contributed by atoms with Gasteiger partial charge in [0.15, 0.2) is 0 Å². The minimum absolute atomic E-state index is 0.0607. The molecule has 108 valence electrons. The summed E-state index contributed by atoms with van der Waals surface area (Å²) in [4.78, 5) is 4.23. The number of aromatic nitrogens is 1. The van der Waals surface area contributed by atoms with Gasteiger partial charge in [-0.1, -0.05) is 23.2 Å². The van der Waals surface area contributed by atoms with Crippen molar-refractivity contribution in [1.29, 1.82) is 0 Å². The highest BCUT2D eigenvalue weighted by Gasteiger charge is 2.19. The van der Waals surface area contributed by atoms with Crippen LogP contribution in [0.5, 0.6) is 5.75 Å². The Morgan fingerprint density at radius 1 is 1.25 bits per heavy atom. The van der Waals surface area contributed by atoms with E-state index in [-0.39, 0.29) is 12.1 Å². The molecule has 0 saturated carbocycles. The Kier molecular flexibility index (Phi) is 5.27. The molecule has 1 unspecified atom stereocenters. The van der Waals surface area contributed by atoms with Gasteiger partial charge in [-0.15, -0.1) is 11.3 Å². The number of ether oxygens (including phenoxy) is 1. The molecule has 0 spiro atoms. The minimum Gasteiger partial charge on any atom is -0.489 e. The summed E-state index contributed by atoms with van der Waals surface area (Å²) in [7, 11) is 1.88. The van der Waals surface area contributed by atoms with E-state index in [1.54, 1.807) is 12.4 Å². The van der Waals surface area contributed by atoms with Gasteiger partial charge in [0.05, 0.1) is 27.0 Å². The number of hydrogen-bond donors (Lipinski definition) is 1. The lowest BCUT2D eigenvalue weighted by molar-refractivity contribution is 0.241. The first-order chi connectivity index (χ1) is 9.51. The number of thiophene rings is 1. The summed E-state index contributed by atoms with van der Waals surface area (Å²) in [6, 6.07) is 3.79. The van der Waals surface area contributed by atoms with Gasteiger partial charge in [0.25, 0.3) is 0 Å². The van der Waals surface area contributed by atoms with Crippen LogP contribution < -0.4 is 10.1 Å². The summed E-state index contributed by atoms with van der Waals surface area (Å²) in [5.41, 5.74) is 1.94. The Labute approximate surface area is 132 Å². The van der Waals surface area contributed by atoms with Crippen LogP contribution in [-0.2, 0) is 0 Å². The zero-order chi connectivity index (χ0) is 14.7. The number of hydrogen-bond acceptors (Lipinski definition) is 4. The SMILES string of the molecule is CNC(c1cncc(OC(C)C)c1)c1cc(Cl)sc1Cl. The summed E-state index contributed by atoms with van der Waals surface area (Å²) in [6.07, 6.45) is 3.62. The Morgan fingerprint density at radius 3 is 2.55 bits per heavy atom. The first-order valence-electron chi connectivity index (χ1n) is 6.25. The molecule has 0 aliphatic carbocycles. The lowest BCUT2D eigenvalue weighted by Gasteiger charge is -2.17. The Balaban J connectivity index is 2.34. The maximum absolute atomic E-state index is 6.24. The quantitative estimate of drug-likeness (QED) is 0.873. The van der Waals surface area contributed by atoms with E-state index >= 15 is 0 Å². The average molecular weight is 331 g/mol. The molecule has 2 aromatic rings. The predicted octanol–water partition coefficient (Wildman–Crippen LogP) is 4.55. The number of nitrogens with zero attached hydrogens (tertiary/aromatic N) is 1. The fraction of sp³-hybridized carbons (Fsp3) is 0.357. The third-order valence-electron chi connectivity index (χ3n) is 2.72. The van der Waals surface area contributed by atoms with Gasteiger partial charge in [0.2, 0.25) is 0 Å².